The molecule has 0 aliphatic rings. The minimum Gasteiger partial charge on any atom is -0.462 e. The number of thiocarbonyl (C=S) groups is 1. The van der Waals surface area contributed by atoms with Gasteiger partial charge in [-0.15, -0.1) is 0 Å². The first kappa shape index (κ1) is 18.9. The van der Waals surface area contributed by atoms with Crippen LogP contribution in [-0.4, -0.2) is 17.7 Å². The highest BCUT2D eigenvalue weighted by atomic mass is 32.1. The summed E-state index contributed by atoms with van der Waals surface area (Å²) in [5, 5.41) is 6.64. The minimum atomic E-state index is -0.367. The maximum absolute atomic E-state index is 12.0. The maximum atomic E-state index is 12.0. The van der Waals surface area contributed by atoms with Gasteiger partial charge in [0, 0.05) is 5.69 Å². The zero-order valence-corrected chi connectivity index (χ0v) is 15.5. The standard InChI is InChI=1S/C20H24N2O2S/c1-3-5-8-15-11-13-16(14-12-15)21-20(25)22-18-10-7-6-9-17(18)19(23)24-4-2/h6-7,9-14H,3-5,8H2,1-2H3,(H2,21,22,25). The Kier molecular flexibility index (Phi) is 7.41. The van der Waals surface area contributed by atoms with Crippen LogP contribution in [0.3, 0.4) is 0 Å². The van der Waals surface area contributed by atoms with E-state index in [0.717, 1.165) is 12.1 Å². The summed E-state index contributed by atoms with van der Waals surface area (Å²) in [5.41, 5.74) is 3.31. The molecule has 0 saturated heterocycles. The predicted octanol–water partition coefficient (Wildman–Crippen LogP) is 5.01. The van der Waals surface area contributed by atoms with E-state index in [4.69, 9.17) is 17.0 Å². The summed E-state index contributed by atoms with van der Waals surface area (Å²) >= 11 is 5.36. The van der Waals surface area contributed by atoms with E-state index in [-0.39, 0.29) is 5.97 Å². The normalized spacial score (nSPS) is 10.2. The average Bonchev–Trinajstić information content (AvgIpc) is 2.61. The quantitative estimate of drug-likeness (QED) is 0.539. The Labute approximate surface area is 154 Å². The van der Waals surface area contributed by atoms with Gasteiger partial charge in [0.1, 0.15) is 0 Å². The molecular formula is C20H24N2O2S. The SMILES string of the molecule is CCCCc1ccc(NC(=S)Nc2ccccc2C(=O)OCC)cc1. The van der Waals surface area contributed by atoms with Gasteiger partial charge >= 0.3 is 5.97 Å². The van der Waals surface area contributed by atoms with Gasteiger partial charge in [0.2, 0.25) is 0 Å². The smallest absolute Gasteiger partial charge is 0.340 e. The molecule has 0 heterocycles. The molecule has 0 radical (unpaired) electrons. The Bertz CT molecular complexity index is 714. The number of anilines is 2. The topological polar surface area (TPSA) is 50.4 Å². The Morgan fingerprint density at radius 3 is 2.44 bits per heavy atom. The van der Waals surface area contributed by atoms with Gasteiger partial charge in [-0.05, 0) is 61.8 Å². The lowest BCUT2D eigenvalue weighted by Crippen LogP contribution is -2.21. The van der Waals surface area contributed by atoms with Crippen LogP contribution in [0.4, 0.5) is 11.4 Å². The third-order valence-corrected chi connectivity index (χ3v) is 3.91. The minimum absolute atomic E-state index is 0.334. The lowest BCUT2D eigenvalue weighted by Gasteiger charge is -2.13. The van der Waals surface area contributed by atoms with Crippen molar-refractivity contribution in [2.45, 2.75) is 33.1 Å². The van der Waals surface area contributed by atoms with Gasteiger partial charge in [-0.2, -0.15) is 0 Å². The van der Waals surface area contributed by atoms with E-state index in [1.807, 2.05) is 18.2 Å². The Balaban J connectivity index is 1.99. The van der Waals surface area contributed by atoms with Crippen molar-refractivity contribution >= 4 is 34.7 Å². The summed E-state index contributed by atoms with van der Waals surface area (Å²) in [4.78, 5) is 12.0. The van der Waals surface area contributed by atoms with E-state index in [2.05, 4.69) is 29.7 Å². The van der Waals surface area contributed by atoms with Crippen LogP contribution in [0, 0.1) is 0 Å². The largest absolute Gasteiger partial charge is 0.462 e. The Morgan fingerprint density at radius 1 is 1.04 bits per heavy atom. The highest BCUT2D eigenvalue weighted by Crippen LogP contribution is 2.17. The van der Waals surface area contributed by atoms with Crippen molar-refractivity contribution in [1.29, 1.82) is 0 Å². The summed E-state index contributed by atoms with van der Waals surface area (Å²) < 4.78 is 5.07. The molecule has 0 fully saturated rings. The second kappa shape index (κ2) is 9.79. The molecule has 0 unspecified atom stereocenters. The molecule has 25 heavy (non-hydrogen) atoms. The van der Waals surface area contributed by atoms with Gasteiger partial charge in [-0.25, -0.2) is 4.79 Å². The summed E-state index contributed by atoms with van der Waals surface area (Å²) in [7, 11) is 0. The summed E-state index contributed by atoms with van der Waals surface area (Å²) in [6.07, 6.45) is 3.47. The number of aryl methyl sites for hydroxylation is 1. The van der Waals surface area contributed by atoms with Crippen LogP contribution in [0.5, 0.6) is 0 Å². The van der Waals surface area contributed by atoms with Crippen LogP contribution < -0.4 is 10.6 Å². The first-order valence-electron chi connectivity index (χ1n) is 8.57. The molecule has 132 valence electrons. The number of rotatable bonds is 7. The van der Waals surface area contributed by atoms with Crippen LogP contribution in [0.25, 0.3) is 0 Å². The Morgan fingerprint density at radius 2 is 1.76 bits per heavy atom. The lowest BCUT2D eigenvalue weighted by molar-refractivity contribution is 0.0527. The van der Waals surface area contributed by atoms with Crippen molar-refractivity contribution in [3.05, 3.63) is 59.7 Å². The molecule has 0 aromatic heterocycles. The number of nitrogens with one attached hydrogen (secondary N) is 2. The monoisotopic (exact) mass is 356 g/mol. The first-order chi connectivity index (χ1) is 12.1. The molecule has 0 spiro atoms. The van der Waals surface area contributed by atoms with E-state index in [1.165, 1.54) is 18.4 Å². The molecular weight excluding hydrogens is 332 g/mol. The van der Waals surface area contributed by atoms with Gasteiger partial charge in [-0.3, -0.25) is 0 Å². The fourth-order valence-electron chi connectivity index (χ4n) is 2.40. The molecule has 0 atom stereocenters. The molecule has 5 heteroatoms. The molecule has 2 aromatic rings. The van der Waals surface area contributed by atoms with Crippen LogP contribution in [0.15, 0.2) is 48.5 Å². The number of benzene rings is 2. The number of hydrogen-bond acceptors (Lipinski definition) is 3. The maximum Gasteiger partial charge on any atom is 0.340 e. The molecule has 2 N–H and O–H groups in total. The molecule has 0 bridgehead atoms. The summed E-state index contributed by atoms with van der Waals surface area (Å²) in [5.74, 6) is -0.367. The summed E-state index contributed by atoms with van der Waals surface area (Å²) in [6.45, 7) is 4.30. The molecule has 2 rings (SSSR count). The third kappa shape index (κ3) is 5.87. The van der Waals surface area contributed by atoms with Gasteiger partial charge in [0.05, 0.1) is 17.9 Å². The molecule has 4 nitrogen and oxygen atoms in total. The van der Waals surface area contributed by atoms with Gasteiger partial charge in [0.15, 0.2) is 5.11 Å². The molecule has 0 amide bonds. The van der Waals surface area contributed by atoms with E-state index < -0.39 is 0 Å². The second-order valence-corrected chi connectivity index (χ2v) is 6.05. The van der Waals surface area contributed by atoms with Crippen molar-refractivity contribution in [1.82, 2.24) is 0 Å². The van der Waals surface area contributed by atoms with Crippen molar-refractivity contribution in [3.8, 4) is 0 Å². The Hall–Kier alpha value is -2.40. The summed E-state index contributed by atoms with van der Waals surface area (Å²) in [6, 6.07) is 15.4. The van der Waals surface area contributed by atoms with Crippen LogP contribution in [-0.2, 0) is 11.2 Å². The number of ether oxygens (including phenoxy) is 1. The first-order valence-corrected chi connectivity index (χ1v) is 8.98. The molecule has 0 aliphatic carbocycles. The van der Waals surface area contributed by atoms with Crippen molar-refractivity contribution in [2.75, 3.05) is 17.2 Å². The number of carbonyl (C=O) groups excluding carboxylic acids is 1. The van der Waals surface area contributed by atoms with Crippen LogP contribution >= 0.6 is 12.2 Å². The molecule has 0 saturated carbocycles. The molecule has 2 aromatic carbocycles. The van der Waals surface area contributed by atoms with Crippen molar-refractivity contribution in [2.24, 2.45) is 0 Å². The zero-order valence-electron chi connectivity index (χ0n) is 14.7. The van der Waals surface area contributed by atoms with Crippen LogP contribution in [0.2, 0.25) is 0 Å². The van der Waals surface area contributed by atoms with E-state index in [1.54, 1.807) is 25.1 Å². The predicted molar refractivity (Wildman–Crippen MR) is 107 cm³/mol. The third-order valence-electron chi connectivity index (χ3n) is 3.70. The number of hydrogen-bond donors (Lipinski definition) is 2. The van der Waals surface area contributed by atoms with E-state index >= 15 is 0 Å². The van der Waals surface area contributed by atoms with Gasteiger partial charge < -0.3 is 15.4 Å². The van der Waals surface area contributed by atoms with Crippen molar-refractivity contribution in [3.63, 3.8) is 0 Å². The molecule has 0 aliphatic heterocycles. The van der Waals surface area contributed by atoms with Crippen molar-refractivity contribution < 1.29 is 9.53 Å². The number of carbonyl (C=O) groups is 1. The highest BCUT2D eigenvalue weighted by molar-refractivity contribution is 7.80. The zero-order chi connectivity index (χ0) is 18.1. The second-order valence-electron chi connectivity index (χ2n) is 5.65. The van der Waals surface area contributed by atoms with E-state index in [0.29, 0.717) is 23.0 Å². The van der Waals surface area contributed by atoms with E-state index in [9.17, 15) is 4.79 Å². The fraction of sp³-hybridized carbons (Fsp3) is 0.300. The van der Waals surface area contributed by atoms with Gasteiger partial charge in [-0.1, -0.05) is 37.6 Å². The van der Waals surface area contributed by atoms with Gasteiger partial charge in [0.25, 0.3) is 0 Å². The number of esters is 1. The number of para-hydroxylation sites is 1. The highest BCUT2D eigenvalue weighted by Gasteiger charge is 2.12. The number of unbranched alkanes of at least 4 members (excludes halogenated alkanes) is 1. The average molecular weight is 356 g/mol. The lowest BCUT2D eigenvalue weighted by atomic mass is 10.1. The van der Waals surface area contributed by atoms with Crippen LogP contribution in [0.1, 0.15) is 42.6 Å². The fourth-order valence-corrected chi connectivity index (χ4v) is 2.63.